The number of benzene rings is 1. The van der Waals surface area contributed by atoms with E-state index in [4.69, 9.17) is 13.7 Å². The summed E-state index contributed by atoms with van der Waals surface area (Å²) in [5.74, 6) is 5.81. The highest BCUT2D eigenvalue weighted by Gasteiger charge is 2.41. The van der Waals surface area contributed by atoms with Gasteiger partial charge in [0.2, 0.25) is 0 Å². The minimum Gasteiger partial charge on any atom is -0.375 e. The normalized spacial score (nSPS) is 27.8. The van der Waals surface area contributed by atoms with Crippen molar-refractivity contribution in [1.29, 1.82) is 0 Å². The van der Waals surface area contributed by atoms with Gasteiger partial charge in [-0.25, -0.2) is 0 Å². The van der Waals surface area contributed by atoms with Gasteiger partial charge in [0.15, 0.2) is 11.9 Å². The van der Waals surface area contributed by atoms with Crippen molar-refractivity contribution in [3.63, 3.8) is 0 Å². The first-order chi connectivity index (χ1) is 13.9. The van der Waals surface area contributed by atoms with Gasteiger partial charge in [0.1, 0.15) is 6.10 Å². The lowest BCUT2D eigenvalue weighted by atomic mass is 9.83. The maximum absolute atomic E-state index is 12.6. The van der Waals surface area contributed by atoms with Crippen LogP contribution in [0.5, 0.6) is 0 Å². The van der Waals surface area contributed by atoms with E-state index in [1.807, 2.05) is 6.92 Å². The molecule has 1 N–H and O–H groups in total. The maximum atomic E-state index is 12.6. The zero-order chi connectivity index (χ0) is 20.7. The molecule has 160 valence electrons. The van der Waals surface area contributed by atoms with Crippen LogP contribution in [0, 0.1) is 18.8 Å². The Bertz CT molecular complexity index is 817. The Kier molecular flexibility index (Phi) is 7.72. The lowest BCUT2D eigenvalue weighted by Gasteiger charge is -2.35. The van der Waals surface area contributed by atoms with Crippen LogP contribution in [0.25, 0.3) is 0 Å². The molecule has 0 amide bonds. The number of rotatable bonds is 6. The van der Waals surface area contributed by atoms with Gasteiger partial charge in [-0.15, -0.1) is 0 Å². The molecule has 0 bridgehead atoms. The molecule has 2 aliphatic rings. The van der Waals surface area contributed by atoms with E-state index in [-0.39, 0.29) is 11.2 Å². The average Bonchev–Trinajstić information content (AvgIpc) is 2.71. The molecule has 1 heterocycles. The van der Waals surface area contributed by atoms with E-state index in [2.05, 4.69) is 11.8 Å². The molecule has 1 aromatic rings. The second kappa shape index (κ2) is 10.1. The fourth-order valence-corrected chi connectivity index (χ4v) is 4.75. The molecule has 1 saturated heterocycles. The van der Waals surface area contributed by atoms with Crippen molar-refractivity contribution >= 4 is 10.1 Å². The molecule has 0 radical (unpaired) electrons. The summed E-state index contributed by atoms with van der Waals surface area (Å²) in [4.78, 5) is 0.0878. The molecular weight excluding hydrogens is 392 g/mol. The average molecular weight is 423 g/mol. The van der Waals surface area contributed by atoms with Crippen LogP contribution >= 0.6 is 0 Å². The van der Waals surface area contributed by atoms with Gasteiger partial charge >= 0.3 is 0 Å². The molecule has 0 spiro atoms. The van der Waals surface area contributed by atoms with Crippen LogP contribution in [0.2, 0.25) is 0 Å². The van der Waals surface area contributed by atoms with Crippen molar-refractivity contribution < 1.29 is 27.2 Å². The molecule has 1 aliphatic heterocycles. The summed E-state index contributed by atoms with van der Waals surface area (Å²) in [6, 6.07) is 6.48. The Morgan fingerprint density at radius 2 is 1.93 bits per heavy atom. The zero-order valence-corrected chi connectivity index (χ0v) is 17.7. The van der Waals surface area contributed by atoms with E-state index in [1.54, 1.807) is 12.1 Å². The van der Waals surface area contributed by atoms with E-state index in [0.717, 1.165) is 44.3 Å². The number of aliphatic hydroxyl groups is 1. The predicted molar refractivity (Wildman–Crippen MR) is 109 cm³/mol. The highest BCUT2D eigenvalue weighted by molar-refractivity contribution is 7.86. The number of ether oxygens (including phenoxy) is 2. The van der Waals surface area contributed by atoms with Crippen LogP contribution in [-0.4, -0.2) is 44.7 Å². The summed E-state index contributed by atoms with van der Waals surface area (Å²) in [6.07, 6.45) is 4.87. The molecule has 1 saturated carbocycles. The third-order valence-electron chi connectivity index (χ3n) is 5.33. The van der Waals surface area contributed by atoms with E-state index < -0.39 is 21.8 Å². The lowest BCUT2D eigenvalue weighted by molar-refractivity contribution is -0.161. The van der Waals surface area contributed by atoms with Crippen LogP contribution in [-0.2, 0) is 23.8 Å². The number of hydrogen-bond acceptors (Lipinski definition) is 6. The second-order valence-electron chi connectivity index (χ2n) is 7.74. The van der Waals surface area contributed by atoms with Gasteiger partial charge in [-0.2, -0.15) is 8.42 Å². The first-order valence-electron chi connectivity index (χ1n) is 10.3. The third-order valence-corrected chi connectivity index (χ3v) is 6.67. The van der Waals surface area contributed by atoms with E-state index >= 15 is 0 Å². The quantitative estimate of drug-likeness (QED) is 0.430. The van der Waals surface area contributed by atoms with Gasteiger partial charge in [0.05, 0.1) is 11.5 Å². The summed E-state index contributed by atoms with van der Waals surface area (Å²) in [5.41, 5.74) is -0.512. The molecule has 3 atom stereocenters. The summed E-state index contributed by atoms with van der Waals surface area (Å²) >= 11 is 0. The summed E-state index contributed by atoms with van der Waals surface area (Å²) in [5, 5.41) is 11.0. The van der Waals surface area contributed by atoms with Crippen LogP contribution in [0.15, 0.2) is 29.2 Å². The molecule has 3 rings (SSSR count). The monoisotopic (exact) mass is 422 g/mol. The molecule has 1 aliphatic carbocycles. The Balaban J connectivity index is 1.60. The smallest absolute Gasteiger partial charge is 0.297 e. The summed E-state index contributed by atoms with van der Waals surface area (Å²) in [6.45, 7) is 3.03. The summed E-state index contributed by atoms with van der Waals surface area (Å²) in [7, 11) is -3.97. The lowest BCUT2D eigenvalue weighted by Crippen LogP contribution is -2.46. The van der Waals surface area contributed by atoms with E-state index in [9.17, 15) is 13.5 Å². The minimum atomic E-state index is -3.97. The fourth-order valence-electron chi connectivity index (χ4n) is 3.61. The third kappa shape index (κ3) is 6.27. The Hall–Kier alpha value is -1.43. The topological polar surface area (TPSA) is 82.1 Å². The van der Waals surface area contributed by atoms with Crippen LogP contribution in [0.1, 0.15) is 56.9 Å². The van der Waals surface area contributed by atoms with Crippen molar-refractivity contribution in [1.82, 2.24) is 0 Å². The molecule has 1 aromatic carbocycles. The van der Waals surface area contributed by atoms with Crippen LogP contribution in [0.4, 0.5) is 0 Å². The zero-order valence-electron chi connectivity index (χ0n) is 16.9. The Labute approximate surface area is 173 Å². The van der Waals surface area contributed by atoms with Crippen LogP contribution in [0.3, 0.4) is 0 Å². The Morgan fingerprint density at radius 1 is 1.17 bits per heavy atom. The Morgan fingerprint density at radius 3 is 2.66 bits per heavy atom. The standard InChI is InChI=1S/C22H30O6S/c1-18-10-12-19(13-11-18)29(24,25)28-20-8-2-4-14-22(20,23)15-5-7-17-27-21-9-3-6-16-26-21/h10-13,20-21,23H,2-4,6-9,14,16-17H2,1H3. The van der Waals surface area contributed by atoms with Crippen molar-refractivity contribution in [2.45, 2.75) is 81.2 Å². The fraction of sp³-hybridized carbons (Fsp3) is 0.636. The molecular formula is C22H30O6S. The van der Waals surface area contributed by atoms with E-state index in [1.165, 1.54) is 12.1 Å². The van der Waals surface area contributed by atoms with Gasteiger partial charge in [0.25, 0.3) is 10.1 Å². The van der Waals surface area contributed by atoms with Gasteiger partial charge in [-0.1, -0.05) is 36.0 Å². The maximum Gasteiger partial charge on any atom is 0.297 e. The van der Waals surface area contributed by atoms with Gasteiger partial charge in [-0.05, 0) is 57.6 Å². The van der Waals surface area contributed by atoms with Crippen molar-refractivity contribution in [2.75, 3.05) is 13.2 Å². The predicted octanol–water partition coefficient (Wildman–Crippen LogP) is 3.31. The molecule has 7 heteroatoms. The van der Waals surface area contributed by atoms with Gasteiger partial charge in [0, 0.05) is 13.0 Å². The molecule has 0 aromatic heterocycles. The van der Waals surface area contributed by atoms with Crippen molar-refractivity contribution in [2.24, 2.45) is 0 Å². The van der Waals surface area contributed by atoms with Gasteiger partial charge in [-0.3, -0.25) is 4.18 Å². The summed E-state index contributed by atoms with van der Waals surface area (Å²) < 4.78 is 41.9. The molecule has 3 unspecified atom stereocenters. The van der Waals surface area contributed by atoms with Crippen LogP contribution < -0.4 is 0 Å². The molecule has 2 fully saturated rings. The van der Waals surface area contributed by atoms with Crippen molar-refractivity contribution in [3.05, 3.63) is 29.8 Å². The minimum absolute atomic E-state index is 0.0878. The first kappa shape index (κ1) is 22.3. The van der Waals surface area contributed by atoms with Gasteiger partial charge < -0.3 is 14.6 Å². The molecule has 6 nitrogen and oxygen atoms in total. The highest BCUT2D eigenvalue weighted by atomic mass is 32.2. The number of aryl methyl sites for hydroxylation is 1. The second-order valence-corrected chi connectivity index (χ2v) is 9.31. The first-order valence-corrected chi connectivity index (χ1v) is 11.8. The molecule has 29 heavy (non-hydrogen) atoms. The SMILES string of the molecule is Cc1ccc(S(=O)(=O)OC2CCCCC2(O)C#CCCOC2CCCCO2)cc1. The van der Waals surface area contributed by atoms with Crippen molar-refractivity contribution in [3.8, 4) is 11.8 Å². The number of hydrogen-bond donors (Lipinski definition) is 1. The van der Waals surface area contributed by atoms with E-state index in [0.29, 0.717) is 25.9 Å². The highest BCUT2D eigenvalue weighted by Crippen LogP contribution is 2.33. The largest absolute Gasteiger partial charge is 0.375 e.